The highest BCUT2D eigenvalue weighted by molar-refractivity contribution is 7.09. The number of methoxy groups -OCH3 is 1. The Hall–Kier alpha value is -2.15. The zero-order valence-corrected chi connectivity index (χ0v) is 16.2. The fourth-order valence-corrected chi connectivity index (χ4v) is 4.52. The van der Waals surface area contributed by atoms with E-state index in [1.807, 2.05) is 12.1 Å². The summed E-state index contributed by atoms with van der Waals surface area (Å²) in [5.74, 6) is 0.685. The zero-order valence-electron chi connectivity index (χ0n) is 15.4. The lowest BCUT2D eigenvalue weighted by Gasteiger charge is -2.22. The van der Waals surface area contributed by atoms with Gasteiger partial charge in [-0.2, -0.15) is 0 Å². The van der Waals surface area contributed by atoms with Gasteiger partial charge in [-0.25, -0.2) is 4.79 Å². The Bertz CT molecular complexity index is 944. The van der Waals surface area contributed by atoms with Gasteiger partial charge >= 0.3 is 5.63 Å². The summed E-state index contributed by atoms with van der Waals surface area (Å²) >= 11 is 1.77. The van der Waals surface area contributed by atoms with Crippen molar-refractivity contribution >= 4 is 22.3 Å². The third kappa shape index (κ3) is 4.40. The van der Waals surface area contributed by atoms with E-state index in [1.54, 1.807) is 30.6 Å². The van der Waals surface area contributed by atoms with Crippen LogP contribution in [0.5, 0.6) is 5.75 Å². The van der Waals surface area contributed by atoms with Gasteiger partial charge in [0.2, 0.25) is 0 Å². The lowest BCUT2D eigenvalue weighted by molar-refractivity contribution is -0.930. The molecule has 0 amide bonds. The topological polar surface area (TPSA) is 53.1 Å². The minimum atomic E-state index is -0.321. The van der Waals surface area contributed by atoms with E-state index < -0.39 is 0 Å². The lowest BCUT2D eigenvalue weighted by atomic mass is 10.1. The first-order valence-corrected chi connectivity index (χ1v) is 10.2. The van der Waals surface area contributed by atoms with E-state index in [-0.39, 0.29) is 5.63 Å². The molecule has 1 unspecified atom stereocenters. The maximum absolute atomic E-state index is 12.1. The normalized spacial score (nSPS) is 18.0. The summed E-state index contributed by atoms with van der Waals surface area (Å²) in [4.78, 5) is 14.8. The molecule has 0 aliphatic carbocycles. The van der Waals surface area contributed by atoms with Gasteiger partial charge in [-0.1, -0.05) is 6.07 Å². The Morgan fingerprint density at radius 1 is 1.26 bits per heavy atom. The van der Waals surface area contributed by atoms with Gasteiger partial charge in [0, 0.05) is 29.7 Å². The van der Waals surface area contributed by atoms with Crippen LogP contribution in [0.2, 0.25) is 0 Å². The Balaban J connectivity index is 1.63. The van der Waals surface area contributed by atoms with Gasteiger partial charge in [-0.3, -0.25) is 0 Å². The SMILES string of the molecule is COc1ccc2c(C[NH+](Cc3cccs3)C[C@@H]3CCCO3)cc(=O)oc2c1. The molecule has 1 aliphatic rings. The molecule has 0 bridgehead atoms. The second-order valence-electron chi connectivity index (χ2n) is 6.97. The predicted octanol–water partition coefficient (Wildman–Crippen LogP) is 2.63. The third-order valence-electron chi connectivity index (χ3n) is 5.02. The summed E-state index contributed by atoms with van der Waals surface area (Å²) in [5, 5.41) is 3.07. The Labute approximate surface area is 162 Å². The zero-order chi connectivity index (χ0) is 18.6. The Morgan fingerprint density at radius 2 is 2.19 bits per heavy atom. The minimum absolute atomic E-state index is 0.298. The summed E-state index contributed by atoms with van der Waals surface area (Å²) < 4.78 is 16.5. The van der Waals surface area contributed by atoms with Crippen LogP contribution in [0.25, 0.3) is 11.0 Å². The number of ether oxygens (including phenoxy) is 2. The summed E-state index contributed by atoms with van der Waals surface area (Å²) in [6.07, 6.45) is 2.55. The number of thiophene rings is 1. The molecular formula is C21H24NO4S+. The molecule has 4 rings (SSSR count). The van der Waals surface area contributed by atoms with Crippen molar-refractivity contribution in [1.29, 1.82) is 0 Å². The van der Waals surface area contributed by atoms with Gasteiger partial charge in [0.15, 0.2) is 0 Å². The largest absolute Gasteiger partial charge is 0.497 e. The van der Waals surface area contributed by atoms with E-state index in [1.165, 1.54) is 9.78 Å². The van der Waals surface area contributed by atoms with Crippen LogP contribution in [0.4, 0.5) is 0 Å². The molecule has 3 heterocycles. The average Bonchev–Trinajstić information content (AvgIpc) is 3.35. The molecule has 1 aliphatic heterocycles. The first-order valence-electron chi connectivity index (χ1n) is 9.29. The van der Waals surface area contributed by atoms with Gasteiger partial charge < -0.3 is 18.8 Å². The van der Waals surface area contributed by atoms with E-state index in [0.29, 0.717) is 17.4 Å². The maximum atomic E-state index is 12.1. The fraction of sp³-hybridized carbons (Fsp3) is 0.381. The highest BCUT2D eigenvalue weighted by atomic mass is 32.1. The molecule has 2 atom stereocenters. The molecule has 6 heteroatoms. The smallest absolute Gasteiger partial charge is 0.336 e. The molecule has 1 aromatic carbocycles. The van der Waals surface area contributed by atoms with Gasteiger partial charge in [-0.15, -0.1) is 11.3 Å². The van der Waals surface area contributed by atoms with Crippen molar-refractivity contribution in [3.05, 3.63) is 62.6 Å². The van der Waals surface area contributed by atoms with Crippen LogP contribution in [-0.2, 0) is 17.8 Å². The quantitative estimate of drug-likeness (QED) is 0.635. The number of fused-ring (bicyclic) bond motifs is 1. The van der Waals surface area contributed by atoms with Crippen molar-refractivity contribution in [3.63, 3.8) is 0 Å². The van der Waals surface area contributed by atoms with Crippen LogP contribution >= 0.6 is 11.3 Å². The molecule has 142 valence electrons. The third-order valence-corrected chi connectivity index (χ3v) is 5.90. The standard InChI is InChI=1S/C21H23NO4S/c1-24-16-6-7-19-15(10-21(23)26-20(19)11-16)12-22(13-17-4-2-8-25-17)14-18-5-3-9-27-18/h3,5-7,9-11,17H,2,4,8,12-14H2,1H3/p+1/t17-/m0/s1. The van der Waals surface area contributed by atoms with Crippen molar-refractivity contribution in [1.82, 2.24) is 0 Å². The molecule has 27 heavy (non-hydrogen) atoms. The molecule has 1 fully saturated rings. The van der Waals surface area contributed by atoms with Crippen molar-refractivity contribution in [2.75, 3.05) is 20.3 Å². The molecule has 0 saturated carbocycles. The molecule has 2 aromatic heterocycles. The molecular weight excluding hydrogens is 362 g/mol. The maximum Gasteiger partial charge on any atom is 0.336 e. The van der Waals surface area contributed by atoms with E-state index in [4.69, 9.17) is 13.9 Å². The van der Waals surface area contributed by atoms with Gasteiger partial charge in [-0.05, 0) is 36.4 Å². The van der Waals surface area contributed by atoms with Crippen molar-refractivity contribution in [2.24, 2.45) is 0 Å². The van der Waals surface area contributed by atoms with E-state index in [9.17, 15) is 4.79 Å². The van der Waals surface area contributed by atoms with E-state index >= 15 is 0 Å². The first-order chi connectivity index (χ1) is 13.2. The van der Waals surface area contributed by atoms with Crippen LogP contribution in [0.15, 0.2) is 51.0 Å². The number of nitrogens with one attached hydrogen (secondary N) is 1. The number of rotatable bonds is 7. The molecule has 1 N–H and O–H groups in total. The molecule has 0 spiro atoms. The second kappa shape index (κ2) is 8.25. The molecule has 3 aromatic rings. The summed E-state index contributed by atoms with van der Waals surface area (Å²) in [6.45, 7) is 3.48. The monoisotopic (exact) mass is 386 g/mol. The number of quaternary nitrogens is 1. The Kier molecular flexibility index (Phi) is 5.57. The van der Waals surface area contributed by atoms with E-state index in [0.717, 1.165) is 50.0 Å². The molecule has 0 radical (unpaired) electrons. The van der Waals surface area contributed by atoms with Crippen molar-refractivity contribution in [3.8, 4) is 5.75 Å². The highest BCUT2D eigenvalue weighted by Gasteiger charge is 2.23. The predicted molar refractivity (Wildman–Crippen MR) is 106 cm³/mol. The van der Waals surface area contributed by atoms with Gasteiger partial charge in [0.05, 0.1) is 12.0 Å². The summed E-state index contributed by atoms with van der Waals surface area (Å²) in [6, 6.07) is 11.5. The van der Waals surface area contributed by atoms with Crippen molar-refractivity contribution in [2.45, 2.75) is 32.0 Å². The van der Waals surface area contributed by atoms with Crippen LogP contribution in [0, 0.1) is 0 Å². The van der Waals surface area contributed by atoms with Crippen LogP contribution in [-0.4, -0.2) is 26.4 Å². The van der Waals surface area contributed by atoms with Gasteiger partial charge in [0.25, 0.3) is 0 Å². The summed E-state index contributed by atoms with van der Waals surface area (Å²) in [5.41, 5.74) is 1.26. The van der Waals surface area contributed by atoms with Crippen LogP contribution < -0.4 is 15.3 Å². The first kappa shape index (κ1) is 18.2. The summed E-state index contributed by atoms with van der Waals surface area (Å²) in [7, 11) is 1.61. The number of benzene rings is 1. The number of hydrogen-bond acceptors (Lipinski definition) is 5. The number of hydrogen-bond donors (Lipinski definition) is 1. The lowest BCUT2D eigenvalue weighted by Crippen LogP contribution is -3.10. The Morgan fingerprint density at radius 3 is 2.93 bits per heavy atom. The van der Waals surface area contributed by atoms with Crippen LogP contribution in [0.1, 0.15) is 23.3 Å². The fourth-order valence-electron chi connectivity index (χ4n) is 3.75. The highest BCUT2D eigenvalue weighted by Crippen LogP contribution is 2.22. The second-order valence-corrected chi connectivity index (χ2v) is 8.01. The van der Waals surface area contributed by atoms with Crippen LogP contribution in [0.3, 0.4) is 0 Å². The average molecular weight is 386 g/mol. The van der Waals surface area contributed by atoms with Gasteiger partial charge in [0.1, 0.15) is 37.1 Å². The van der Waals surface area contributed by atoms with E-state index in [2.05, 4.69) is 17.5 Å². The van der Waals surface area contributed by atoms with Crippen molar-refractivity contribution < 1.29 is 18.8 Å². The molecule has 5 nitrogen and oxygen atoms in total. The minimum Gasteiger partial charge on any atom is -0.497 e. The molecule has 1 saturated heterocycles.